The predicted molar refractivity (Wildman–Crippen MR) is 101 cm³/mol. The van der Waals surface area contributed by atoms with Gasteiger partial charge in [0.15, 0.2) is 0 Å². The molecular formula is C21H23F3N2O. The van der Waals surface area contributed by atoms with Crippen LogP contribution in [0.25, 0.3) is 0 Å². The van der Waals surface area contributed by atoms with E-state index in [1.807, 2.05) is 32.3 Å². The van der Waals surface area contributed by atoms with Crippen LogP contribution in [0.2, 0.25) is 0 Å². The summed E-state index contributed by atoms with van der Waals surface area (Å²) in [5, 5.41) is 0. The van der Waals surface area contributed by atoms with Crippen molar-refractivity contribution in [3.05, 3.63) is 53.1 Å². The molecule has 0 amide bonds. The lowest BCUT2D eigenvalue weighted by atomic mass is 10.1. The van der Waals surface area contributed by atoms with Gasteiger partial charge in [-0.1, -0.05) is 6.07 Å². The van der Waals surface area contributed by atoms with Crippen molar-refractivity contribution < 1.29 is 17.9 Å². The van der Waals surface area contributed by atoms with Crippen molar-refractivity contribution in [2.24, 2.45) is 4.99 Å². The molecule has 1 heterocycles. The Morgan fingerprint density at radius 1 is 1.00 bits per heavy atom. The van der Waals surface area contributed by atoms with Gasteiger partial charge in [-0.3, -0.25) is 0 Å². The van der Waals surface area contributed by atoms with Gasteiger partial charge >= 0.3 is 6.18 Å². The van der Waals surface area contributed by atoms with E-state index < -0.39 is 11.7 Å². The van der Waals surface area contributed by atoms with Crippen molar-refractivity contribution in [3.8, 4) is 11.5 Å². The molecule has 1 saturated heterocycles. The van der Waals surface area contributed by atoms with Crippen LogP contribution in [-0.4, -0.2) is 24.3 Å². The summed E-state index contributed by atoms with van der Waals surface area (Å²) in [7, 11) is 0. The molecule has 0 unspecified atom stereocenters. The Bertz CT molecular complexity index is 825. The van der Waals surface area contributed by atoms with E-state index >= 15 is 0 Å². The number of aliphatic imine (C=N–C) groups is 1. The minimum atomic E-state index is -4.39. The minimum Gasteiger partial charge on any atom is -0.457 e. The smallest absolute Gasteiger partial charge is 0.416 e. The van der Waals surface area contributed by atoms with Crippen LogP contribution >= 0.6 is 0 Å². The zero-order valence-electron chi connectivity index (χ0n) is 15.5. The van der Waals surface area contributed by atoms with Gasteiger partial charge in [0, 0.05) is 13.1 Å². The molecule has 1 aliphatic rings. The Morgan fingerprint density at radius 2 is 1.74 bits per heavy atom. The largest absolute Gasteiger partial charge is 0.457 e. The number of hydrogen-bond acceptors (Lipinski definition) is 2. The molecule has 0 aliphatic carbocycles. The first-order valence-electron chi connectivity index (χ1n) is 9.07. The number of rotatable bonds is 4. The maximum Gasteiger partial charge on any atom is 0.416 e. The summed E-state index contributed by atoms with van der Waals surface area (Å²) in [6.07, 6.45) is 1.14. The lowest BCUT2D eigenvalue weighted by Crippen LogP contribution is -2.28. The summed E-state index contributed by atoms with van der Waals surface area (Å²) >= 11 is 0. The Morgan fingerprint density at radius 3 is 2.44 bits per heavy atom. The fourth-order valence-electron chi connectivity index (χ4n) is 3.06. The van der Waals surface area contributed by atoms with E-state index in [1.165, 1.54) is 31.4 Å². The standard InChI is InChI=1S/C21H23F3N2O/c1-15-12-20(27-18-8-6-7-17(13-18)21(22,23)24)16(2)11-19(15)25-14-26-9-4-3-5-10-26/h6-8,11-14H,3-5,9-10H2,1-2H3. The van der Waals surface area contributed by atoms with Crippen LogP contribution in [-0.2, 0) is 6.18 Å². The number of ether oxygens (including phenoxy) is 1. The molecule has 3 nitrogen and oxygen atoms in total. The monoisotopic (exact) mass is 376 g/mol. The molecule has 6 heteroatoms. The number of benzene rings is 2. The molecule has 0 N–H and O–H groups in total. The molecule has 2 aromatic rings. The number of hydrogen-bond donors (Lipinski definition) is 0. The second kappa shape index (κ2) is 8.03. The van der Waals surface area contributed by atoms with Crippen molar-refractivity contribution >= 4 is 12.0 Å². The third kappa shape index (κ3) is 5.02. The number of halogens is 3. The lowest BCUT2D eigenvalue weighted by Gasteiger charge is -2.24. The zero-order valence-corrected chi connectivity index (χ0v) is 15.5. The average molecular weight is 376 g/mol. The van der Waals surface area contributed by atoms with Crippen LogP contribution in [0.4, 0.5) is 18.9 Å². The summed E-state index contributed by atoms with van der Waals surface area (Å²) in [6.45, 7) is 5.83. The van der Waals surface area contributed by atoms with Crippen LogP contribution in [0.15, 0.2) is 41.4 Å². The molecule has 2 aromatic carbocycles. The molecule has 27 heavy (non-hydrogen) atoms. The molecule has 0 spiro atoms. The van der Waals surface area contributed by atoms with Gasteiger partial charge < -0.3 is 9.64 Å². The van der Waals surface area contributed by atoms with E-state index in [4.69, 9.17) is 4.74 Å². The van der Waals surface area contributed by atoms with E-state index in [0.29, 0.717) is 5.75 Å². The molecule has 0 aromatic heterocycles. The summed E-state index contributed by atoms with van der Waals surface area (Å²) in [5.74, 6) is 0.695. The van der Waals surface area contributed by atoms with Gasteiger partial charge in [-0.25, -0.2) is 4.99 Å². The molecule has 0 radical (unpaired) electrons. The average Bonchev–Trinajstić information content (AvgIpc) is 2.64. The molecule has 0 saturated carbocycles. The molecule has 1 fully saturated rings. The van der Waals surface area contributed by atoms with Crippen molar-refractivity contribution in [2.45, 2.75) is 39.3 Å². The predicted octanol–water partition coefficient (Wildman–Crippen LogP) is 6.26. The summed E-state index contributed by atoms with van der Waals surface area (Å²) in [4.78, 5) is 6.80. The Kier molecular flexibility index (Phi) is 5.73. The Labute approximate surface area is 157 Å². The minimum absolute atomic E-state index is 0.164. The van der Waals surface area contributed by atoms with Gasteiger partial charge in [0.05, 0.1) is 17.6 Å². The molecule has 3 rings (SSSR count). The van der Waals surface area contributed by atoms with E-state index in [2.05, 4.69) is 9.89 Å². The maximum absolute atomic E-state index is 12.9. The van der Waals surface area contributed by atoms with E-state index in [-0.39, 0.29) is 5.75 Å². The zero-order chi connectivity index (χ0) is 19.4. The third-order valence-electron chi connectivity index (χ3n) is 4.63. The highest BCUT2D eigenvalue weighted by Gasteiger charge is 2.30. The van der Waals surface area contributed by atoms with Gasteiger partial charge in [-0.2, -0.15) is 13.2 Å². The molecule has 0 atom stereocenters. The Hall–Kier alpha value is -2.50. The second-order valence-electron chi connectivity index (χ2n) is 6.87. The third-order valence-corrected chi connectivity index (χ3v) is 4.63. The maximum atomic E-state index is 12.9. The fraction of sp³-hybridized carbons (Fsp3) is 0.381. The summed E-state index contributed by atoms with van der Waals surface area (Å²) < 4.78 is 44.3. The Balaban J connectivity index is 1.78. The number of alkyl halides is 3. The number of piperidine rings is 1. The van der Waals surface area contributed by atoms with Crippen LogP contribution in [0, 0.1) is 13.8 Å². The molecular weight excluding hydrogens is 353 g/mol. The lowest BCUT2D eigenvalue weighted by molar-refractivity contribution is -0.137. The van der Waals surface area contributed by atoms with Crippen molar-refractivity contribution in [1.82, 2.24) is 4.90 Å². The van der Waals surface area contributed by atoms with Gasteiger partial charge in [0.1, 0.15) is 11.5 Å². The molecule has 1 aliphatic heterocycles. The first-order valence-corrected chi connectivity index (χ1v) is 9.07. The van der Waals surface area contributed by atoms with Gasteiger partial charge in [-0.05, 0) is 74.6 Å². The topological polar surface area (TPSA) is 24.8 Å². The van der Waals surface area contributed by atoms with Gasteiger partial charge in [-0.15, -0.1) is 0 Å². The van der Waals surface area contributed by atoms with Crippen LogP contribution in [0.5, 0.6) is 11.5 Å². The van der Waals surface area contributed by atoms with Crippen LogP contribution in [0.1, 0.15) is 36.0 Å². The number of likely N-dealkylation sites (tertiary alicyclic amines) is 1. The van der Waals surface area contributed by atoms with Gasteiger partial charge in [0.25, 0.3) is 0 Å². The van der Waals surface area contributed by atoms with Crippen LogP contribution in [0.3, 0.4) is 0 Å². The van der Waals surface area contributed by atoms with E-state index in [1.54, 1.807) is 0 Å². The normalized spacial score (nSPS) is 15.4. The highest BCUT2D eigenvalue weighted by atomic mass is 19.4. The highest BCUT2D eigenvalue weighted by molar-refractivity contribution is 5.65. The van der Waals surface area contributed by atoms with E-state index in [0.717, 1.165) is 42.0 Å². The van der Waals surface area contributed by atoms with Crippen molar-refractivity contribution in [1.29, 1.82) is 0 Å². The summed E-state index contributed by atoms with van der Waals surface area (Å²) in [5.41, 5.74) is 1.85. The van der Waals surface area contributed by atoms with Gasteiger partial charge in [0.2, 0.25) is 0 Å². The molecule has 144 valence electrons. The van der Waals surface area contributed by atoms with E-state index in [9.17, 15) is 13.2 Å². The summed E-state index contributed by atoms with van der Waals surface area (Å²) in [6, 6.07) is 8.63. The van der Waals surface area contributed by atoms with Crippen molar-refractivity contribution in [3.63, 3.8) is 0 Å². The number of nitrogens with zero attached hydrogens (tertiary/aromatic N) is 2. The fourth-order valence-corrected chi connectivity index (χ4v) is 3.06. The first kappa shape index (κ1) is 19.3. The highest BCUT2D eigenvalue weighted by Crippen LogP contribution is 2.35. The number of aryl methyl sites for hydroxylation is 2. The van der Waals surface area contributed by atoms with Crippen LogP contribution < -0.4 is 4.74 Å². The SMILES string of the molecule is Cc1cc(Oc2cccc(C(F)(F)F)c2)c(C)cc1N=CN1CCCCC1. The van der Waals surface area contributed by atoms with Crippen molar-refractivity contribution in [2.75, 3.05) is 13.1 Å². The molecule has 0 bridgehead atoms. The quantitative estimate of drug-likeness (QED) is 0.465. The second-order valence-corrected chi connectivity index (χ2v) is 6.87. The first-order chi connectivity index (χ1) is 12.8.